The predicted octanol–water partition coefficient (Wildman–Crippen LogP) is 6.84. The molecule has 0 saturated carbocycles. The van der Waals surface area contributed by atoms with Gasteiger partial charge in [0.2, 0.25) is 0 Å². The van der Waals surface area contributed by atoms with Crippen LogP contribution in [0.3, 0.4) is 0 Å². The summed E-state index contributed by atoms with van der Waals surface area (Å²) < 4.78 is 14.8. The zero-order chi connectivity index (χ0) is 26.0. The van der Waals surface area contributed by atoms with Crippen molar-refractivity contribution >= 4 is 55.6 Å². The SMILES string of the molecule is COc1cc(C=Nn2c(C(C)(C)C)nc3ccc(Br)cc3c2=O)cc(I)c1OCc1cccc(C)c1. The standard InChI is InChI=1S/C28H27BrIN3O3/c1-17-7-6-8-18(11-17)16-36-25-22(30)12-19(13-24(25)35-5)15-31-33-26(34)21-14-20(29)9-10-23(21)32-27(33)28(2,3)4/h6-15H,16H2,1-5H3. The Labute approximate surface area is 232 Å². The van der Waals surface area contributed by atoms with E-state index >= 15 is 0 Å². The minimum absolute atomic E-state index is 0.220. The van der Waals surface area contributed by atoms with Gasteiger partial charge in [-0.3, -0.25) is 4.79 Å². The first kappa shape index (κ1) is 26.3. The molecular formula is C28H27BrIN3O3. The smallest absolute Gasteiger partial charge is 0.282 e. The molecule has 4 aromatic rings. The molecule has 36 heavy (non-hydrogen) atoms. The highest BCUT2D eigenvalue weighted by Crippen LogP contribution is 2.34. The summed E-state index contributed by atoms with van der Waals surface area (Å²) in [4.78, 5) is 18.2. The summed E-state index contributed by atoms with van der Waals surface area (Å²) in [5, 5.41) is 5.07. The van der Waals surface area contributed by atoms with Crippen molar-refractivity contribution in [1.82, 2.24) is 9.66 Å². The molecule has 0 aliphatic rings. The van der Waals surface area contributed by atoms with E-state index in [2.05, 4.69) is 62.7 Å². The van der Waals surface area contributed by atoms with Crippen molar-refractivity contribution in [3.8, 4) is 11.5 Å². The highest BCUT2D eigenvalue weighted by molar-refractivity contribution is 14.1. The van der Waals surface area contributed by atoms with Crippen LogP contribution in [0.5, 0.6) is 11.5 Å². The zero-order valence-electron chi connectivity index (χ0n) is 20.8. The second kappa shape index (κ2) is 10.7. The molecule has 0 aliphatic carbocycles. The van der Waals surface area contributed by atoms with E-state index in [1.165, 1.54) is 10.2 Å². The van der Waals surface area contributed by atoms with Crippen molar-refractivity contribution < 1.29 is 9.47 Å². The van der Waals surface area contributed by atoms with Crippen molar-refractivity contribution in [2.45, 2.75) is 39.7 Å². The number of hydrogen-bond donors (Lipinski definition) is 0. The average Bonchev–Trinajstić information content (AvgIpc) is 2.82. The number of hydrogen-bond acceptors (Lipinski definition) is 5. The van der Waals surface area contributed by atoms with Gasteiger partial charge in [-0.05, 0) is 71.0 Å². The highest BCUT2D eigenvalue weighted by Gasteiger charge is 2.23. The highest BCUT2D eigenvalue weighted by atomic mass is 127. The Morgan fingerprint density at radius 1 is 1.14 bits per heavy atom. The molecule has 3 aromatic carbocycles. The number of benzene rings is 3. The summed E-state index contributed by atoms with van der Waals surface area (Å²) in [5.41, 5.74) is 3.08. The third-order valence-electron chi connectivity index (χ3n) is 5.52. The van der Waals surface area contributed by atoms with Crippen LogP contribution in [0, 0.1) is 10.5 Å². The van der Waals surface area contributed by atoms with Gasteiger partial charge in [0.05, 0.1) is 27.8 Å². The van der Waals surface area contributed by atoms with E-state index in [0.29, 0.717) is 34.8 Å². The zero-order valence-corrected chi connectivity index (χ0v) is 24.5. The lowest BCUT2D eigenvalue weighted by Crippen LogP contribution is -2.29. The molecule has 0 radical (unpaired) electrons. The van der Waals surface area contributed by atoms with E-state index in [0.717, 1.165) is 19.2 Å². The van der Waals surface area contributed by atoms with Gasteiger partial charge < -0.3 is 9.47 Å². The van der Waals surface area contributed by atoms with Gasteiger partial charge in [0, 0.05) is 9.89 Å². The first-order chi connectivity index (χ1) is 17.1. The Morgan fingerprint density at radius 3 is 2.61 bits per heavy atom. The van der Waals surface area contributed by atoms with Gasteiger partial charge in [-0.2, -0.15) is 9.78 Å². The number of nitrogens with zero attached hydrogens (tertiary/aromatic N) is 3. The Kier molecular flexibility index (Phi) is 7.85. The molecule has 0 aliphatic heterocycles. The van der Waals surface area contributed by atoms with E-state index in [1.807, 2.05) is 57.2 Å². The van der Waals surface area contributed by atoms with Crippen LogP contribution < -0.4 is 15.0 Å². The van der Waals surface area contributed by atoms with Gasteiger partial charge in [-0.25, -0.2) is 4.98 Å². The van der Waals surface area contributed by atoms with Crippen LogP contribution in [0.1, 0.15) is 43.3 Å². The molecule has 0 N–H and O–H groups in total. The van der Waals surface area contributed by atoms with Crippen molar-refractivity contribution in [1.29, 1.82) is 0 Å². The second-order valence-electron chi connectivity index (χ2n) is 9.52. The van der Waals surface area contributed by atoms with Crippen molar-refractivity contribution in [2.75, 3.05) is 7.11 Å². The average molecular weight is 660 g/mol. The molecule has 0 fully saturated rings. The summed E-state index contributed by atoms with van der Waals surface area (Å²) >= 11 is 5.67. The maximum atomic E-state index is 13.4. The number of ether oxygens (including phenoxy) is 2. The largest absolute Gasteiger partial charge is 0.493 e. The van der Waals surface area contributed by atoms with Gasteiger partial charge in [-0.1, -0.05) is 66.5 Å². The van der Waals surface area contributed by atoms with E-state index in [9.17, 15) is 4.79 Å². The number of aromatic nitrogens is 2. The fraction of sp³-hybridized carbons (Fsp3) is 0.250. The first-order valence-corrected chi connectivity index (χ1v) is 13.3. The molecule has 0 spiro atoms. The van der Waals surface area contributed by atoms with Gasteiger partial charge in [-0.15, -0.1) is 0 Å². The van der Waals surface area contributed by atoms with Gasteiger partial charge in [0.15, 0.2) is 11.5 Å². The van der Waals surface area contributed by atoms with Crippen molar-refractivity contribution in [3.63, 3.8) is 0 Å². The molecule has 6 nitrogen and oxygen atoms in total. The topological polar surface area (TPSA) is 65.7 Å². The van der Waals surface area contributed by atoms with Crippen LogP contribution in [0.15, 0.2) is 69.0 Å². The number of fused-ring (bicyclic) bond motifs is 1. The van der Waals surface area contributed by atoms with Crippen LogP contribution in [-0.4, -0.2) is 23.0 Å². The lowest BCUT2D eigenvalue weighted by atomic mass is 9.95. The van der Waals surface area contributed by atoms with Crippen molar-refractivity contribution in [2.24, 2.45) is 5.10 Å². The molecule has 8 heteroatoms. The summed E-state index contributed by atoms with van der Waals surface area (Å²) in [6.07, 6.45) is 1.65. The molecular weight excluding hydrogens is 633 g/mol. The van der Waals surface area contributed by atoms with Gasteiger partial charge >= 0.3 is 0 Å². The number of halogens is 2. The number of aryl methyl sites for hydroxylation is 1. The molecule has 4 rings (SSSR count). The summed E-state index contributed by atoms with van der Waals surface area (Å²) in [6, 6.07) is 17.5. The third-order valence-corrected chi connectivity index (χ3v) is 6.81. The fourth-order valence-corrected chi connectivity index (χ4v) is 4.92. The van der Waals surface area contributed by atoms with Crippen LogP contribution in [-0.2, 0) is 12.0 Å². The predicted molar refractivity (Wildman–Crippen MR) is 157 cm³/mol. The summed E-state index contributed by atoms with van der Waals surface area (Å²) in [5.74, 6) is 1.85. The second-order valence-corrected chi connectivity index (χ2v) is 11.6. The third kappa shape index (κ3) is 5.81. The molecule has 1 heterocycles. The Morgan fingerprint density at radius 2 is 1.92 bits per heavy atom. The maximum Gasteiger partial charge on any atom is 0.282 e. The Balaban J connectivity index is 1.71. The van der Waals surface area contributed by atoms with Gasteiger partial charge in [0.25, 0.3) is 5.56 Å². The van der Waals surface area contributed by atoms with E-state index in [4.69, 9.17) is 14.5 Å². The van der Waals surface area contributed by atoms with Gasteiger partial charge in [0.1, 0.15) is 12.4 Å². The molecule has 186 valence electrons. The maximum absolute atomic E-state index is 13.4. The molecule has 1 aromatic heterocycles. The summed E-state index contributed by atoms with van der Waals surface area (Å²) in [7, 11) is 1.61. The quantitative estimate of drug-likeness (QED) is 0.168. The first-order valence-electron chi connectivity index (χ1n) is 11.4. The number of rotatable bonds is 6. The van der Waals surface area contributed by atoms with E-state index in [1.54, 1.807) is 19.4 Å². The number of methoxy groups -OCH3 is 1. The van der Waals surface area contributed by atoms with Crippen molar-refractivity contribution in [3.05, 3.63) is 95.5 Å². The van der Waals surface area contributed by atoms with Crippen LogP contribution >= 0.6 is 38.5 Å². The lowest BCUT2D eigenvalue weighted by Gasteiger charge is -2.21. The normalized spacial score (nSPS) is 11.9. The Hall–Kier alpha value is -2.72. The van der Waals surface area contributed by atoms with E-state index < -0.39 is 5.41 Å². The molecule has 0 unspecified atom stereocenters. The summed E-state index contributed by atoms with van der Waals surface area (Å²) in [6.45, 7) is 8.53. The van der Waals surface area contributed by atoms with Crippen LogP contribution in [0.2, 0.25) is 0 Å². The minimum Gasteiger partial charge on any atom is -0.493 e. The Bertz CT molecular complexity index is 1520. The van der Waals surface area contributed by atoms with E-state index in [-0.39, 0.29) is 5.56 Å². The fourth-order valence-electron chi connectivity index (χ4n) is 3.78. The molecule has 0 atom stereocenters. The lowest BCUT2D eigenvalue weighted by molar-refractivity contribution is 0.282. The van der Waals surface area contributed by atoms with Crippen LogP contribution in [0.4, 0.5) is 0 Å². The molecule has 0 bridgehead atoms. The molecule has 0 saturated heterocycles. The minimum atomic E-state index is -0.392. The molecule has 0 amide bonds. The monoisotopic (exact) mass is 659 g/mol. The van der Waals surface area contributed by atoms with Crippen LogP contribution in [0.25, 0.3) is 10.9 Å².